The highest BCUT2D eigenvalue weighted by Gasteiger charge is 2.52. The molecule has 1 saturated heterocycles. The van der Waals surface area contributed by atoms with Crippen LogP contribution in [0.5, 0.6) is 0 Å². The average molecular weight is 395 g/mol. The number of aliphatic hydroxyl groups excluding tert-OH is 4. The van der Waals surface area contributed by atoms with Crippen LogP contribution in [-0.2, 0) is 21.6 Å². The molecule has 2 heterocycles. The molecular formula is C19H29N3O6. The van der Waals surface area contributed by atoms with Gasteiger partial charge in [0, 0.05) is 0 Å². The minimum absolute atomic E-state index is 0.0645. The number of aliphatic hydroxyl groups is 4. The van der Waals surface area contributed by atoms with E-state index in [1.165, 1.54) is 38.5 Å². The van der Waals surface area contributed by atoms with Crippen LogP contribution >= 0.6 is 0 Å². The summed E-state index contributed by atoms with van der Waals surface area (Å²) in [5, 5.41) is 47.7. The first kappa shape index (κ1) is 18.9. The van der Waals surface area contributed by atoms with Crippen LogP contribution in [0.15, 0.2) is 6.20 Å². The minimum Gasteiger partial charge on any atom is -0.394 e. The Morgan fingerprint density at radius 1 is 1.04 bits per heavy atom. The van der Waals surface area contributed by atoms with Crippen LogP contribution < -0.4 is 0 Å². The van der Waals surface area contributed by atoms with E-state index in [9.17, 15) is 20.4 Å². The van der Waals surface area contributed by atoms with Gasteiger partial charge in [-0.1, -0.05) is 5.21 Å². The highest BCUT2D eigenvalue weighted by Crippen LogP contribution is 2.58. The molecule has 1 aromatic heterocycles. The van der Waals surface area contributed by atoms with E-state index in [2.05, 4.69) is 10.3 Å². The van der Waals surface area contributed by atoms with E-state index in [-0.39, 0.29) is 12.1 Å². The topological polar surface area (TPSA) is 130 Å². The molecule has 1 aromatic rings. The maximum atomic E-state index is 10.1. The molecule has 9 nitrogen and oxygen atoms in total. The Bertz CT molecular complexity index is 674. The van der Waals surface area contributed by atoms with Gasteiger partial charge in [-0.15, -0.1) is 5.10 Å². The second-order valence-corrected chi connectivity index (χ2v) is 9.30. The molecule has 4 aliphatic carbocycles. The molecule has 4 N–H and O–H groups in total. The van der Waals surface area contributed by atoms with E-state index < -0.39 is 37.3 Å². The monoisotopic (exact) mass is 395 g/mol. The first-order valence-corrected chi connectivity index (χ1v) is 10.3. The van der Waals surface area contributed by atoms with E-state index in [1.807, 2.05) is 10.9 Å². The van der Waals surface area contributed by atoms with Crippen LogP contribution in [0.4, 0.5) is 0 Å². The molecule has 0 spiro atoms. The van der Waals surface area contributed by atoms with Crippen LogP contribution in [0.2, 0.25) is 0 Å². The van der Waals surface area contributed by atoms with E-state index in [0.717, 1.165) is 17.8 Å². The van der Waals surface area contributed by atoms with E-state index in [4.69, 9.17) is 9.47 Å². The van der Waals surface area contributed by atoms with Crippen molar-refractivity contribution in [2.24, 2.45) is 17.8 Å². The molecule has 28 heavy (non-hydrogen) atoms. The Hall–Kier alpha value is -1.10. The smallest absolute Gasteiger partial charge is 0.187 e. The minimum atomic E-state index is -1.45. The Morgan fingerprint density at radius 2 is 1.68 bits per heavy atom. The van der Waals surface area contributed by atoms with Crippen LogP contribution in [-0.4, -0.2) is 72.7 Å². The molecular weight excluding hydrogens is 366 g/mol. The van der Waals surface area contributed by atoms with Crippen LogP contribution in [0.3, 0.4) is 0 Å². The standard InChI is InChI=1S/C19H29N3O6/c23-8-14-15(24)16(25)17(26)18(28-14)27-9-13-7-22(21-20-13)19-4-10-1-11(5-19)3-12(2-10)6-19/h7,10-12,14-18,23-26H,1-6,8-9H2/t10?,11?,12?,14-,15+,16+,17-,18-,19?/m1/s1. The van der Waals surface area contributed by atoms with Gasteiger partial charge in [0.2, 0.25) is 0 Å². The molecule has 4 saturated carbocycles. The van der Waals surface area contributed by atoms with Crippen molar-refractivity contribution in [3.8, 4) is 0 Å². The Balaban J connectivity index is 1.25. The highest BCUT2D eigenvalue weighted by molar-refractivity contribution is 5.06. The van der Waals surface area contributed by atoms with Gasteiger partial charge in [-0.25, -0.2) is 4.68 Å². The molecule has 5 atom stereocenters. The number of rotatable bonds is 5. The zero-order valence-electron chi connectivity index (χ0n) is 15.8. The fourth-order valence-electron chi connectivity index (χ4n) is 6.31. The van der Waals surface area contributed by atoms with Crippen LogP contribution in [0, 0.1) is 17.8 Å². The maximum absolute atomic E-state index is 10.1. The summed E-state index contributed by atoms with van der Waals surface area (Å²) in [5.74, 6) is 2.43. The van der Waals surface area contributed by atoms with Gasteiger partial charge in [0.25, 0.3) is 0 Å². The number of hydrogen-bond acceptors (Lipinski definition) is 8. The molecule has 4 bridgehead atoms. The lowest BCUT2D eigenvalue weighted by atomic mass is 9.53. The normalized spacial score (nSPS) is 47.6. The molecule has 6 rings (SSSR count). The summed E-state index contributed by atoms with van der Waals surface area (Å²) >= 11 is 0. The largest absolute Gasteiger partial charge is 0.394 e. The summed E-state index contributed by atoms with van der Waals surface area (Å²) in [5.41, 5.74) is 0.719. The first-order chi connectivity index (χ1) is 13.5. The zero-order valence-corrected chi connectivity index (χ0v) is 15.8. The van der Waals surface area contributed by atoms with Crippen LogP contribution in [0.25, 0.3) is 0 Å². The van der Waals surface area contributed by atoms with Gasteiger partial charge in [0.05, 0.1) is 24.9 Å². The number of ether oxygens (including phenoxy) is 2. The van der Waals surface area contributed by atoms with E-state index >= 15 is 0 Å². The van der Waals surface area contributed by atoms with Crippen molar-refractivity contribution < 1.29 is 29.9 Å². The third-order valence-electron chi connectivity index (χ3n) is 7.28. The summed E-state index contributed by atoms with van der Waals surface area (Å²) in [6.45, 7) is -0.415. The molecule has 0 radical (unpaired) electrons. The van der Waals surface area contributed by atoms with Gasteiger partial charge in [-0.05, 0) is 56.3 Å². The highest BCUT2D eigenvalue weighted by atomic mass is 16.7. The quantitative estimate of drug-likeness (QED) is 0.526. The zero-order chi connectivity index (χ0) is 19.5. The SMILES string of the molecule is OC[C@H]1O[C@@H](OCc2cn(C34CC5CC(CC(C5)C3)C4)nn2)[C@H](O)[C@@H](O)[C@H]1O. The van der Waals surface area contributed by atoms with Crippen molar-refractivity contribution in [2.45, 2.75) is 81.4 Å². The number of nitrogens with zero attached hydrogens (tertiary/aromatic N) is 3. The van der Waals surface area contributed by atoms with Crippen LogP contribution in [0.1, 0.15) is 44.2 Å². The molecule has 5 aliphatic rings. The van der Waals surface area contributed by atoms with Crippen molar-refractivity contribution in [1.29, 1.82) is 0 Å². The van der Waals surface area contributed by atoms with Gasteiger partial charge >= 0.3 is 0 Å². The van der Waals surface area contributed by atoms with Crippen molar-refractivity contribution in [3.63, 3.8) is 0 Å². The van der Waals surface area contributed by atoms with Crippen molar-refractivity contribution in [2.75, 3.05) is 6.61 Å². The Morgan fingerprint density at radius 3 is 2.29 bits per heavy atom. The lowest BCUT2D eigenvalue weighted by molar-refractivity contribution is -0.304. The molecule has 0 aromatic carbocycles. The second kappa shape index (κ2) is 7.00. The van der Waals surface area contributed by atoms with Gasteiger partial charge in [-0.3, -0.25) is 0 Å². The maximum Gasteiger partial charge on any atom is 0.187 e. The van der Waals surface area contributed by atoms with Gasteiger partial charge in [0.15, 0.2) is 6.29 Å². The van der Waals surface area contributed by atoms with Gasteiger partial charge in [0.1, 0.15) is 30.1 Å². The lowest BCUT2D eigenvalue weighted by Crippen LogP contribution is -2.59. The Labute approximate surface area is 163 Å². The van der Waals surface area contributed by atoms with E-state index in [1.54, 1.807) is 0 Å². The molecule has 1 aliphatic heterocycles. The van der Waals surface area contributed by atoms with Crippen molar-refractivity contribution >= 4 is 0 Å². The lowest BCUT2D eigenvalue weighted by Gasteiger charge is -2.56. The fourth-order valence-corrected chi connectivity index (χ4v) is 6.31. The van der Waals surface area contributed by atoms with Gasteiger partial charge in [-0.2, -0.15) is 0 Å². The molecule has 0 amide bonds. The molecule has 9 heteroatoms. The predicted octanol–water partition coefficient (Wildman–Crippen LogP) is -0.480. The summed E-state index contributed by atoms with van der Waals surface area (Å²) in [6.07, 6.45) is 3.16. The first-order valence-electron chi connectivity index (χ1n) is 10.3. The summed E-state index contributed by atoms with van der Waals surface area (Å²) < 4.78 is 13.0. The third kappa shape index (κ3) is 3.09. The average Bonchev–Trinajstić information content (AvgIpc) is 3.15. The third-order valence-corrected chi connectivity index (χ3v) is 7.28. The molecule has 0 unspecified atom stereocenters. The summed E-state index contributed by atoms with van der Waals surface area (Å²) in [4.78, 5) is 0. The van der Waals surface area contributed by atoms with Crippen molar-refractivity contribution in [1.82, 2.24) is 15.0 Å². The Kier molecular flexibility index (Phi) is 4.72. The second-order valence-electron chi connectivity index (χ2n) is 9.30. The van der Waals surface area contributed by atoms with Crippen molar-refractivity contribution in [3.05, 3.63) is 11.9 Å². The fraction of sp³-hybridized carbons (Fsp3) is 0.895. The summed E-state index contributed by atoms with van der Waals surface area (Å²) in [7, 11) is 0. The number of aromatic nitrogens is 3. The number of hydrogen-bond donors (Lipinski definition) is 4. The van der Waals surface area contributed by atoms with Gasteiger partial charge < -0.3 is 29.9 Å². The molecule has 5 fully saturated rings. The summed E-state index contributed by atoms with van der Waals surface area (Å²) in [6, 6.07) is 0. The molecule has 156 valence electrons. The predicted molar refractivity (Wildman–Crippen MR) is 94.7 cm³/mol. The van der Waals surface area contributed by atoms with E-state index in [0.29, 0.717) is 5.69 Å².